The van der Waals surface area contributed by atoms with Crippen LogP contribution in [-0.2, 0) is 10.0 Å². The summed E-state index contributed by atoms with van der Waals surface area (Å²) < 4.78 is 26.0. The molecule has 2 aromatic rings. The van der Waals surface area contributed by atoms with Gasteiger partial charge in [-0.05, 0) is 56.2 Å². The zero-order valence-corrected chi connectivity index (χ0v) is 16.9. The van der Waals surface area contributed by atoms with E-state index in [1.165, 1.54) is 10.6 Å². The van der Waals surface area contributed by atoms with Crippen LogP contribution in [0.4, 0.5) is 5.69 Å². The predicted molar refractivity (Wildman–Crippen MR) is 107 cm³/mol. The molecule has 2 aromatic carbocycles. The van der Waals surface area contributed by atoms with Crippen LogP contribution in [0.15, 0.2) is 36.4 Å². The van der Waals surface area contributed by atoms with Gasteiger partial charge < -0.3 is 5.32 Å². The summed E-state index contributed by atoms with van der Waals surface area (Å²) in [5, 5.41) is 3.30. The standard InChI is InChI=1S/C19H23ClN2O3S/c1-13-11-14(2)18(15(3)12-13)22(26(4,24)25)10-9-21-19(23)16-5-7-17(20)8-6-16/h5-8,11-12H,9-10H2,1-4H3,(H,21,23). The van der Waals surface area contributed by atoms with Gasteiger partial charge >= 0.3 is 0 Å². The molecule has 0 aromatic heterocycles. The number of carbonyl (C=O) groups is 1. The van der Waals surface area contributed by atoms with Crippen molar-refractivity contribution in [3.05, 3.63) is 63.7 Å². The van der Waals surface area contributed by atoms with Crippen molar-refractivity contribution < 1.29 is 13.2 Å². The van der Waals surface area contributed by atoms with Crippen molar-refractivity contribution in [2.45, 2.75) is 20.8 Å². The lowest BCUT2D eigenvalue weighted by molar-refractivity contribution is 0.0955. The van der Waals surface area contributed by atoms with E-state index in [1.807, 2.05) is 32.9 Å². The number of hydrogen-bond donors (Lipinski definition) is 1. The molecule has 140 valence electrons. The molecule has 5 nitrogen and oxygen atoms in total. The quantitative estimate of drug-likeness (QED) is 0.815. The summed E-state index contributed by atoms with van der Waals surface area (Å²) in [5.74, 6) is -0.271. The molecule has 0 bridgehead atoms. The Hall–Kier alpha value is -2.05. The average Bonchev–Trinajstić information content (AvgIpc) is 2.52. The molecule has 0 fully saturated rings. The van der Waals surface area contributed by atoms with Gasteiger partial charge in [-0.1, -0.05) is 29.3 Å². The Morgan fingerprint density at radius 3 is 2.12 bits per heavy atom. The van der Waals surface area contributed by atoms with Crippen LogP contribution in [0, 0.1) is 20.8 Å². The van der Waals surface area contributed by atoms with Crippen molar-refractivity contribution in [1.29, 1.82) is 0 Å². The SMILES string of the molecule is Cc1cc(C)c(N(CCNC(=O)c2ccc(Cl)cc2)S(C)(=O)=O)c(C)c1. The number of aryl methyl sites for hydroxylation is 3. The highest BCUT2D eigenvalue weighted by Gasteiger charge is 2.21. The van der Waals surface area contributed by atoms with Crippen molar-refractivity contribution in [1.82, 2.24) is 5.32 Å². The Morgan fingerprint density at radius 2 is 1.62 bits per heavy atom. The highest BCUT2D eigenvalue weighted by Crippen LogP contribution is 2.27. The summed E-state index contributed by atoms with van der Waals surface area (Å²) in [6.07, 6.45) is 1.17. The fourth-order valence-corrected chi connectivity index (χ4v) is 4.15. The van der Waals surface area contributed by atoms with Crippen LogP contribution in [0.3, 0.4) is 0 Å². The number of nitrogens with one attached hydrogen (secondary N) is 1. The largest absolute Gasteiger partial charge is 0.350 e. The van der Waals surface area contributed by atoms with E-state index in [-0.39, 0.29) is 19.0 Å². The smallest absolute Gasteiger partial charge is 0.251 e. The van der Waals surface area contributed by atoms with Gasteiger partial charge in [0.05, 0.1) is 18.5 Å². The first-order chi connectivity index (χ1) is 12.1. The van der Waals surface area contributed by atoms with E-state index in [2.05, 4.69) is 5.32 Å². The van der Waals surface area contributed by atoms with Gasteiger partial charge in [0.1, 0.15) is 0 Å². The van der Waals surface area contributed by atoms with Gasteiger partial charge in [0.2, 0.25) is 10.0 Å². The van der Waals surface area contributed by atoms with Gasteiger partial charge in [-0.15, -0.1) is 0 Å². The van der Waals surface area contributed by atoms with Crippen LogP contribution in [0.25, 0.3) is 0 Å². The highest BCUT2D eigenvalue weighted by molar-refractivity contribution is 7.92. The van der Waals surface area contributed by atoms with Crippen LogP contribution in [0.5, 0.6) is 0 Å². The lowest BCUT2D eigenvalue weighted by atomic mass is 10.1. The fraction of sp³-hybridized carbons (Fsp3) is 0.316. The van der Waals surface area contributed by atoms with E-state index in [4.69, 9.17) is 11.6 Å². The number of sulfonamides is 1. The molecule has 0 spiro atoms. The molecule has 0 atom stereocenters. The van der Waals surface area contributed by atoms with Gasteiger partial charge in [0.15, 0.2) is 0 Å². The lowest BCUT2D eigenvalue weighted by Crippen LogP contribution is -2.38. The number of hydrogen-bond acceptors (Lipinski definition) is 3. The number of anilines is 1. The molecule has 1 N–H and O–H groups in total. The first kappa shape index (κ1) is 20.3. The minimum Gasteiger partial charge on any atom is -0.350 e. The van der Waals surface area contributed by atoms with Crippen LogP contribution in [-0.4, -0.2) is 33.7 Å². The summed E-state index contributed by atoms with van der Waals surface area (Å²) in [6.45, 7) is 6.10. The van der Waals surface area contributed by atoms with Gasteiger partial charge in [-0.2, -0.15) is 0 Å². The Kier molecular flexibility index (Phi) is 6.31. The Morgan fingerprint density at radius 1 is 1.08 bits per heavy atom. The van der Waals surface area contributed by atoms with Gasteiger partial charge in [0, 0.05) is 17.1 Å². The molecule has 2 rings (SSSR count). The second-order valence-corrected chi connectivity index (χ2v) is 8.69. The minimum atomic E-state index is -3.48. The molecular weight excluding hydrogens is 372 g/mol. The van der Waals surface area contributed by atoms with Crippen LogP contribution >= 0.6 is 11.6 Å². The second kappa shape index (κ2) is 8.10. The number of rotatable bonds is 6. The number of nitrogens with zero attached hydrogens (tertiary/aromatic N) is 1. The zero-order valence-electron chi connectivity index (χ0n) is 15.3. The molecule has 7 heteroatoms. The minimum absolute atomic E-state index is 0.156. The third kappa shape index (κ3) is 4.99. The van der Waals surface area contributed by atoms with Crippen LogP contribution < -0.4 is 9.62 Å². The normalized spacial score (nSPS) is 11.3. The second-order valence-electron chi connectivity index (χ2n) is 6.35. The number of carbonyl (C=O) groups excluding carboxylic acids is 1. The number of amides is 1. The van der Waals surface area contributed by atoms with Gasteiger partial charge in [-0.3, -0.25) is 9.10 Å². The maximum Gasteiger partial charge on any atom is 0.251 e. The van der Waals surface area contributed by atoms with Crippen molar-refractivity contribution in [2.24, 2.45) is 0 Å². The fourth-order valence-electron chi connectivity index (χ4n) is 2.98. The number of halogens is 1. The summed E-state index contributed by atoms with van der Waals surface area (Å²) in [7, 11) is -3.48. The summed E-state index contributed by atoms with van der Waals surface area (Å²) in [5.41, 5.74) is 3.99. The Bertz CT molecular complexity index is 886. The predicted octanol–water partition coefficient (Wildman–Crippen LogP) is 3.46. The summed E-state index contributed by atoms with van der Waals surface area (Å²) >= 11 is 5.82. The molecule has 1 amide bonds. The topological polar surface area (TPSA) is 66.5 Å². The monoisotopic (exact) mass is 394 g/mol. The van der Waals surface area contributed by atoms with E-state index in [0.717, 1.165) is 16.7 Å². The van der Waals surface area contributed by atoms with Gasteiger partial charge in [-0.25, -0.2) is 8.42 Å². The maximum absolute atomic E-state index is 12.3. The lowest BCUT2D eigenvalue weighted by Gasteiger charge is -2.26. The third-order valence-electron chi connectivity index (χ3n) is 3.99. The summed E-state index contributed by atoms with van der Waals surface area (Å²) in [4.78, 5) is 12.2. The molecule has 0 aliphatic carbocycles. The average molecular weight is 395 g/mol. The van der Waals surface area contributed by atoms with E-state index in [0.29, 0.717) is 16.3 Å². The zero-order chi connectivity index (χ0) is 19.5. The molecule has 0 saturated carbocycles. The first-order valence-corrected chi connectivity index (χ1v) is 10.4. The first-order valence-electron chi connectivity index (χ1n) is 8.19. The molecule has 26 heavy (non-hydrogen) atoms. The van der Waals surface area contributed by atoms with E-state index >= 15 is 0 Å². The highest BCUT2D eigenvalue weighted by atomic mass is 35.5. The number of benzene rings is 2. The molecule has 0 unspecified atom stereocenters. The third-order valence-corrected chi connectivity index (χ3v) is 5.41. The molecule has 0 aliphatic rings. The van der Waals surface area contributed by atoms with E-state index in [9.17, 15) is 13.2 Å². The van der Waals surface area contributed by atoms with Crippen molar-refractivity contribution >= 4 is 33.2 Å². The molecule has 0 aliphatic heterocycles. The van der Waals surface area contributed by atoms with Crippen molar-refractivity contribution in [2.75, 3.05) is 23.7 Å². The molecule has 0 heterocycles. The van der Waals surface area contributed by atoms with E-state index in [1.54, 1.807) is 24.3 Å². The van der Waals surface area contributed by atoms with Crippen LogP contribution in [0.1, 0.15) is 27.0 Å². The molecule has 0 radical (unpaired) electrons. The molecule has 0 saturated heterocycles. The van der Waals surface area contributed by atoms with Gasteiger partial charge in [0.25, 0.3) is 5.91 Å². The van der Waals surface area contributed by atoms with Crippen LogP contribution in [0.2, 0.25) is 5.02 Å². The Labute approximate surface area is 160 Å². The van der Waals surface area contributed by atoms with Crippen molar-refractivity contribution in [3.63, 3.8) is 0 Å². The van der Waals surface area contributed by atoms with E-state index < -0.39 is 10.0 Å². The Balaban J connectivity index is 2.15. The van der Waals surface area contributed by atoms with Crippen molar-refractivity contribution in [3.8, 4) is 0 Å². The maximum atomic E-state index is 12.3. The summed E-state index contributed by atoms with van der Waals surface area (Å²) in [6, 6.07) is 10.4. The molecular formula is C19H23ClN2O3S.